The standard InChI is InChI=1S/C13H16ClN5O4S2/c1-3-22-12(20)18-10(24)16-8-5-7(14)6-15-9(8)17-11(25)19-13(21)23-4-2/h5-6H,3-4H2,1-2H3,(H2,16,18,20,24)(H2,15,17,19,21,25). The first-order valence-corrected chi connectivity index (χ1v) is 8.20. The highest BCUT2D eigenvalue weighted by atomic mass is 35.5. The maximum absolute atomic E-state index is 11.4. The molecule has 0 aliphatic carbocycles. The predicted molar refractivity (Wildman–Crippen MR) is 102 cm³/mol. The van der Waals surface area contributed by atoms with Crippen molar-refractivity contribution in [3.05, 3.63) is 17.3 Å². The van der Waals surface area contributed by atoms with E-state index in [2.05, 4.69) is 26.3 Å². The van der Waals surface area contributed by atoms with Crippen LogP contribution in [-0.4, -0.2) is 40.6 Å². The lowest BCUT2D eigenvalue weighted by Gasteiger charge is -2.15. The van der Waals surface area contributed by atoms with Crippen molar-refractivity contribution in [3.63, 3.8) is 0 Å². The molecule has 1 aromatic rings. The zero-order valence-electron chi connectivity index (χ0n) is 13.3. The topological polar surface area (TPSA) is 114 Å². The number of ether oxygens (including phenoxy) is 2. The summed E-state index contributed by atoms with van der Waals surface area (Å²) in [4.78, 5) is 26.8. The SMILES string of the molecule is CCOC(=O)NC(=S)Nc1cc(Cl)cnc1NC(=S)NC(=O)OCC. The summed E-state index contributed by atoms with van der Waals surface area (Å²) in [5.74, 6) is 0.221. The average Bonchev–Trinajstić information content (AvgIpc) is 2.50. The Morgan fingerprint density at radius 3 is 2.12 bits per heavy atom. The number of pyridine rings is 1. The third-order valence-electron chi connectivity index (χ3n) is 2.32. The number of nitrogens with one attached hydrogen (secondary N) is 4. The first kappa shape index (κ1) is 20.8. The number of carbonyl (C=O) groups is 2. The van der Waals surface area contributed by atoms with Crippen molar-refractivity contribution in [2.45, 2.75) is 13.8 Å². The summed E-state index contributed by atoms with van der Waals surface area (Å²) in [5, 5.41) is 10.3. The number of amides is 2. The lowest BCUT2D eigenvalue weighted by atomic mass is 10.4. The molecule has 0 saturated heterocycles. The van der Waals surface area contributed by atoms with E-state index in [0.29, 0.717) is 10.7 Å². The lowest BCUT2D eigenvalue weighted by Crippen LogP contribution is -2.36. The van der Waals surface area contributed by atoms with E-state index in [0.717, 1.165) is 0 Å². The van der Waals surface area contributed by atoms with Crippen LogP contribution in [0.15, 0.2) is 12.3 Å². The molecule has 0 fully saturated rings. The monoisotopic (exact) mass is 405 g/mol. The molecule has 0 aliphatic rings. The van der Waals surface area contributed by atoms with Gasteiger partial charge in [-0.15, -0.1) is 0 Å². The van der Waals surface area contributed by atoms with Crippen molar-refractivity contribution in [2.75, 3.05) is 23.8 Å². The molecular weight excluding hydrogens is 390 g/mol. The number of aromatic nitrogens is 1. The van der Waals surface area contributed by atoms with Crippen LogP contribution in [-0.2, 0) is 9.47 Å². The van der Waals surface area contributed by atoms with E-state index >= 15 is 0 Å². The van der Waals surface area contributed by atoms with Gasteiger partial charge in [0.2, 0.25) is 0 Å². The van der Waals surface area contributed by atoms with Gasteiger partial charge >= 0.3 is 12.2 Å². The molecule has 1 aromatic heterocycles. The van der Waals surface area contributed by atoms with Crippen LogP contribution in [0.3, 0.4) is 0 Å². The molecule has 0 unspecified atom stereocenters. The van der Waals surface area contributed by atoms with E-state index in [1.807, 2.05) is 0 Å². The van der Waals surface area contributed by atoms with E-state index < -0.39 is 12.2 Å². The zero-order chi connectivity index (χ0) is 18.8. The van der Waals surface area contributed by atoms with E-state index in [9.17, 15) is 9.59 Å². The smallest absolute Gasteiger partial charge is 0.413 e. The number of carbonyl (C=O) groups excluding carboxylic acids is 2. The van der Waals surface area contributed by atoms with Gasteiger partial charge in [-0.05, 0) is 44.3 Å². The summed E-state index contributed by atoms with van der Waals surface area (Å²) in [6.07, 6.45) is -0.0453. The van der Waals surface area contributed by atoms with Crippen LogP contribution in [0.4, 0.5) is 21.1 Å². The number of alkyl carbamates (subject to hydrolysis) is 2. The van der Waals surface area contributed by atoms with Gasteiger partial charge in [0.1, 0.15) is 0 Å². The second-order valence-electron chi connectivity index (χ2n) is 4.15. The first-order chi connectivity index (χ1) is 11.8. The highest BCUT2D eigenvalue weighted by Crippen LogP contribution is 2.22. The minimum atomic E-state index is -0.706. The Labute approximate surface area is 159 Å². The predicted octanol–water partition coefficient (Wildman–Crippen LogP) is 2.62. The summed E-state index contributed by atoms with van der Waals surface area (Å²) < 4.78 is 9.43. The molecule has 1 heterocycles. The summed E-state index contributed by atoms with van der Waals surface area (Å²) >= 11 is 15.9. The maximum Gasteiger partial charge on any atom is 0.413 e. The summed E-state index contributed by atoms with van der Waals surface area (Å²) in [5.41, 5.74) is 0.322. The molecule has 0 aromatic carbocycles. The molecule has 4 N–H and O–H groups in total. The number of rotatable bonds is 4. The van der Waals surface area contributed by atoms with Crippen LogP contribution in [0.25, 0.3) is 0 Å². The van der Waals surface area contributed by atoms with Crippen molar-refractivity contribution >= 4 is 70.0 Å². The number of hydrogen-bond donors (Lipinski definition) is 4. The van der Waals surface area contributed by atoms with E-state index in [1.54, 1.807) is 13.8 Å². The van der Waals surface area contributed by atoms with E-state index in [-0.39, 0.29) is 29.3 Å². The van der Waals surface area contributed by atoms with Crippen molar-refractivity contribution in [1.29, 1.82) is 0 Å². The Bertz CT molecular complexity index is 674. The maximum atomic E-state index is 11.4. The van der Waals surface area contributed by atoms with Crippen molar-refractivity contribution in [3.8, 4) is 0 Å². The number of thiocarbonyl (C=S) groups is 2. The Hall–Kier alpha value is -2.24. The average molecular weight is 406 g/mol. The van der Waals surface area contributed by atoms with Crippen molar-refractivity contribution < 1.29 is 19.1 Å². The van der Waals surface area contributed by atoms with Gasteiger partial charge in [-0.3, -0.25) is 10.6 Å². The fourth-order valence-electron chi connectivity index (χ4n) is 1.45. The first-order valence-electron chi connectivity index (χ1n) is 7.00. The van der Waals surface area contributed by atoms with Gasteiger partial charge in [-0.2, -0.15) is 0 Å². The minimum Gasteiger partial charge on any atom is -0.450 e. The molecule has 1 rings (SSSR count). The Kier molecular flexibility index (Phi) is 8.81. The fourth-order valence-corrected chi connectivity index (χ4v) is 1.98. The van der Waals surface area contributed by atoms with Gasteiger partial charge in [0.05, 0.1) is 23.9 Å². The van der Waals surface area contributed by atoms with Gasteiger partial charge in [-0.1, -0.05) is 11.6 Å². The van der Waals surface area contributed by atoms with E-state index in [1.165, 1.54) is 12.3 Å². The largest absolute Gasteiger partial charge is 0.450 e. The van der Waals surface area contributed by atoms with Gasteiger partial charge in [0.15, 0.2) is 16.0 Å². The summed E-state index contributed by atoms with van der Waals surface area (Å²) in [7, 11) is 0. The minimum absolute atomic E-state index is 0.0326. The second-order valence-corrected chi connectivity index (χ2v) is 5.40. The number of anilines is 2. The second kappa shape index (κ2) is 10.6. The molecule has 2 amide bonds. The third kappa shape index (κ3) is 7.92. The number of halogens is 1. The fraction of sp³-hybridized carbons (Fsp3) is 0.308. The Morgan fingerprint density at radius 2 is 1.60 bits per heavy atom. The molecule has 0 aliphatic heterocycles. The molecular formula is C13H16ClN5O4S2. The quantitative estimate of drug-likeness (QED) is 0.561. The molecule has 0 saturated carbocycles. The van der Waals surface area contributed by atoms with Crippen LogP contribution < -0.4 is 21.3 Å². The normalized spacial score (nSPS) is 9.56. The van der Waals surface area contributed by atoms with E-state index in [4.69, 9.17) is 45.5 Å². The Balaban J connectivity index is 2.78. The van der Waals surface area contributed by atoms with Crippen molar-refractivity contribution in [2.24, 2.45) is 0 Å². The highest BCUT2D eigenvalue weighted by Gasteiger charge is 2.12. The lowest BCUT2D eigenvalue weighted by molar-refractivity contribution is 0.157. The molecule has 12 heteroatoms. The van der Waals surface area contributed by atoms with Crippen LogP contribution in [0, 0.1) is 0 Å². The zero-order valence-corrected chi connectivity index (χ0v) is 15.7. The number of hydrogen-bond acceptors (Lipinski definition) is 7. The van der Waals surface area contributed by atoms with Gasteiger partial charge in [0, 0.05) is 6.20 Å². The molecule has 136 valence electrons. The Morgan fingerprint density at radius 1 is 1.08 bits per heavy atom. The van der Waals surface area contributed by atoms with Crippen molar-refractivity contribution in [1.82, 2.24) is 15.6 Å². The highest BCUT2D eigenvalue weighted by molar-refractivity contribution is 7.80. The third-order valence-corrected chi connectivity index (χ3v) is 2.93. The molecule has 9 nitrogen and oxygen atoms in total. The van der Waals surface area contributed by atoms with Crippen LogP contribution in [0.1, 0.15) is 13.8 Å². The molecule has 0 radical (unpaired) electrons. The van der Waals surface area contributed by atoms with Crippen LogP contribution >= 0.6 is 36.0 Å². The van der Waals surface area contributed by atoms with Gasteiger partial charge < -0.3 is 20.1 Å². The molecule has 0 atom stereocenters. The summed E-state index contributed by atoms with van der Waals surface area (Å²) in [6, 6.07) is 1.50. The molecule has 25 heavy (non-hydrogen) atoms. The molecule has 0 spiro atoms. The molecule has 0 bridgehead atoms. The van der Waals surface area contributed by atoms with Gasteiger partial charge in [-0.25, -0.2) is 14.6 Å². The van der Waals surface area contributed by atoms with Crippen LogP contribution in [0.2, 0.25) is 5.02 Å². The summed E-state index contributed by atoms with van der Waals surface area (Å²) in [6.45, 7) is 3.73. The van der Waals surface area contributed by atoms with Crippen LogP contribution in [0.5, 0.6) is 0 Å². The van der Waals surface area contributed by atoms with Gasteiger partial charge in [0.25, 0.3) is 0 Å². The number of nitrogens with zero attached hydrogens (tertiary/aromatic N) is 1.